The van der Waals surface area contributed by atoms with Crippen LogP contribution in [0.2, 0.25) is 0 Å². The molecule has 7 rings (SSSR count). The van der Waals surface area contributed by atoms with Gasteiger partial charge in [0, 0.05) is 54.1 Å². The number of fused-ring (bicyclic) bond motifs is 1. The number of halogens is 2. The van der Waals surface area contributed by atoms with E-state index in [-0.39, 0.29) is 11.1 Å². The fourth-order valence-electron chi connectivity index (χ4n) is 7.31. The van der Waals surface area contributed by atoms with E-state index in [4.69, 9.17) is 0 Å². The Hall–Kier alpha value is -4.16. The molecule has 0 spiro atoms. The van der Waals surface area contributed by atoms with Crippen LogP contribution in [0.4, 0.5) is 34.1 Å². The van der Waals surface area contributed by atoms with Gasteiger partial charge in [-0.15, -0.1) is 0 Å². The molecule has 1 aliphatic heterocycles. The first-order valence-corrected chi connectivity index (χ1v) is 18.7. The third kappa shape index (κ3) is 6.32. The average Bonchev–Trinajstić information content (AvgIpc) is 3.24. The van der Waals surface area contributed by atoms with E-state index >= 15 is 0 Å². The van der Waals surface area contributed by atoms with Crippen molar-refractivity contribution in [3.05, 3.63) is 165 Å². The van der Waals surface area contributed by atoms with Crippen molar-refractivity contribution in [3.63, 3.8) is 0 Å². The molecule has 252 valence electrons. The molecule has 0 bridgehead atoms. The average molecular weight is 786 g/mol. The Morgan fingerprint density at radius 3 is 1.22 bits per heavy atom. The highest BCUT2D eigenvalue weighted by Gasteiger charge is 2.46. The van der Waals surface area contributed by atoms with Crippen molar-refractivity contribution in [2.45, 2.75) is 52.6 Å². The molecule has 0 saturated heterocycles. The smallest absolute Gasteiger partial charge is 0.0488 e. The zero-order valence-electron chi connectivity index (χ0n) is 29.8. The second-order valence-corrected chi connectivity index (χ2v) is 16.3. The fourth-order valence-corrected chi connectivity index (χ4v) is 7.83. The van der Waals surface area contributed by atoms with Crippen LogP contribution in [0.1, 0.15) is 49.9 Å². The number of anilines is 6. The van der Waals surface area contributed by atoms with E-state index in [1.54, 1.807) is 0 Å². The summed E-state index contributed by atoms with van der Waals surface area (Å²) in [7, 11) is 2.24. The minimum atomic E-state index is -0.105. The first-order valence-electron chi connectivity index (χ1n) is 17.1. The zero-order chi connectivity index (χ0) is 35.4. The summed E-state index contributed by atoms with van der Waals surface area (Å²) < 4.78 is 2.09. The molecule has 0 aliphatic carbocycles. The number of hydrogen-bond donors (Lipinski definition) is 0. The molecule has 0 unspecified atom stereocenters. The molecule has 0 amide bonds. The lowest BCUT2D eigenvalue weighted by molar-refractivity contribution is 0.0730. The lowest BCUT2D eigenvalue weighted by Crippen LogP contribution is -2.42. The second-order valence-electron chi connectivity index (χ2n) is 14.5. The number of hydrogen-bond acceptors (Lipinski definition) is 3. The van der Waals surface area contributed by atoms with Crippen LogP contribution in [0.3, 0.4) is 0 Å². The van der Waals surface area contributed by atoms with Crippen molar-refractivity contribution in [3.8, 4) is 11.1 Å². The highest BCUT2D eigenvalue weighted by molar-refractivity contribution is 9.10. The zero-order valence-corrected chi connectivity index (χ0v) is 33.0. The van der Waals surface area contributed by atoms with Gasteiger partial charge in [-0.3, -0.25) is 4.90 Å². The Kier molecular flexibility index (Phi) is 9.05. The van der Waals surface area contributed by atoms with Crippen molar-refractivity contribution in [2.24, 2.45) is 0 Å². The number of aryl methyl sites for hydroxylation is 2. The van der Waals surface area contributed by atoms with Gasteiger partial charge in [-0.25, -0.2) is 0 Å². The van der Waals surface area contributed by atoms with Gasteiger partial charge in [0.15, 0.2) is 0 Å². The predicted octanol–water partition coefficient (Wildman–Crippen LogP) is 13.9. The Bertz CT molecular complexity index is 1950. The maximum absolute atomic E-state index is 3.66. The molecular weight excluding hydrogens is 742 g/mol. The topological polar surface area (TPSA) is 9.72 Å². The van der Waals surface area contributed by atoms with Gasteiger partial charge in [-0.2, -0.15) is 0 Å². The molecular formula is C45H43Br2N3. The minimum absolute atomic E-state index is 0.0575. The van der Waals surface area contributed by atoms with E-state index in [9.17, 15) is 0 Å². The highest BCUT2D eigenvalue weighted by Crippen LogP contribution is 2.50. The third-order valence-electron chi connectivity index (χ3n) is 10.5. The van der Waals surface area contributed by atoms with Crippen LogP contribution < -0.4 is 9.80 Å². The molecule has 0 N–H and O–H groups in total. The number of rotatable bonds is 7. The Morgan fingerprint density at radius 1 is 0.420 bits per heavy atom. The first-order chi connectivity index (χ1) is 23.8. The molecule has 0 fully saturated rings. The lowest BCUT2D eigenvalue weighted by Gasteiger charge is -2.37. The maximum atomic E-state index is 3.66. The van der Waals surface area contributed by atoms with Crippen LogP contribution in [-0.2, 0) is 11.1 Å². The Morgan fingerprint density at radius 2 is 0.800 bits per heavy atom. The molecule has 6 aromatic rings. The van der Waals surface area contributed by atoms with Crippen LogP contribution >= 0.6 is 31.9 Å². The summed E-state index contributed by atoms with van der Waals surface area (Å²) in [5, 5.41) is 0. The van der Waals surface area contributed by atoms with E-state index in [0.29, 0.717) is 0 Å². The maximum Gasteiger partial charge on any atom is 0.0488 e. The summed E-state index contributed by atoms with van der Waals surface area (Å²) in [6, 6.07) is 48.9. The van der Waals surface area contributed by atoms with Crippen molar-refractivity contribution in [2.75, 3.05) is 16.8 Å². The SMILES string of the molecule is Cc1ccc(N(c2ccc(C)cc2)c2cc(-c3ccc4c(c3)C(C)(C)N(C)C4(C)C)cc(N(c3ccc(Br)cc3)c3ccc(Br)cc3)c2)cc1. The first kappa shape index (κ1) is 34.3. The summed E-state index contributed by atoms with van der Waals surface area (Å²) in [5.74, 6) is 0. The molecule has 0 radical (unpaired) electrons. The van der Waals surface area contributed by atoms with E-state index < -0.39 is 0 Å². The van der Waals surface area contributed by atoms with Gasteiger partial charge >= 0.3 is 0 Å². The van der Waals surface area contributed by atoms with Gasteiger partial charge < -0.3 is 9.80 Å². The van der Waals surface area contributed by atoms with Crippen LogP contribution in [-0.4, -0.2) is 11.9 Å². The second kappa shape index (κ2) is 13.2. The molecule has 5 heteroatoms. The van der Waals surface area contributed by atoms with Gasteiger partial charge in [0.05, 0.1) is 0 Å². The van der Waals surface area contributed by atoms with Crippen LogP contribution in [0.15, 0.2) is 142 Å². The normalized spacial score (nSPS) is 14.7. The van der Waals surface area contributed by atoms with E-state index in [2.05, 4.69) is 229 Å². The minimum Gasteiger partial charge on any atom is -0.310 e. The van der Waals surface area contributed by atoms with Crippen LogP contribution in [0.25, 0.3) is 11.1 Å². The van der Waals surface area contributed by atoms with E-state index in [0.717, 1.165) is 48.6 Å². The molecule has 0 atom stereocenters. The van der Waals surface area contributed by atoms with Crippen LogP contribution in [0, 0.1) is 13.8 Å². The van der Waals surface area contributed by atoms with E-state index in [1.807, 2.05) is 0 Å². The fraction of sp³-hybridized carbons (Fsp3) is 0.200. The Labute approximate surface area is 314 Å². The van der Waals surface area contributed by atoms with Gasteiger partial charge in [0.1, 0.15) is 0 Å². The van der Waals surface area contributed by atoms with Crippen LogP contribution in [0.5, 0.6) is 0 Å². The Balaban J connectivity index is 1.51. The quantitative estimate of drug-likeness (QED) is 0.160. The van der Waals surface area contributed by atoms with Crippen molar-refractivity contribution in [1.29, 1.82) is 0 Å². The number of benzene rings is 6. The standard InChI is InChI=1S/C45H43Br2N3/c1-30-8-17-36(18-9-30)49(37-19-10-31(2)11-20-37)40-26-33(32-12-25-42-43(28-32)45(5,6)48(7)44(42,3)4)27-41(29-40)50(38-21-13-34(46)14-22-38)39-23-15-35(47)16-24-39/h8-29H,1-7H3. The summed E-state index contributed by atoms with van der Waals surface area (Å²) in [4.78, 5) is 7.22. The predicted molar refractivity (Wildman–Crippen MR) is 220 cm³/mol. The van der Waals surface area contributed by atoms with Gasteiger partial charge in [0.25, 0.3) is 0 Å². The van der Waals surface area contributed by atoms with Gasteiger partial charge in [-0.1, -0.05) is 79.4 Å². The number of nitrogens with zero attached hydrogens (tertiary/aromatic N) is 3. The molecule has 1 aliphatic rings. The molecule has 50 heavy (non-hydrogen) atoms. The summed E-state index contributed by atoms with van der Waals surface area (Å²) >= 11 is 7.32. The molecule has 0 saturated carbocycles. The summed E-state index contributed by atoms with van der Waals surface area (Å²) in [6.45, 7) is 13.6. The van der Waals surface area contributed by atoms with E-state index in [1.165, 1.54) is 27.8 Å². The molecule has 0 aromatic heterocycles. The third-order valence-corrected chi connectivity index (χ3v) is 11.6. The summed E-state index contributed by atoms with van der Waals surface area (Å²) in [5.41, 5.74) is 14.0. The lowest BCUT2D eigenvalue weighted by atomic mass is 9.87. The molecule has 6 aromatic carbocycles. The van der Waals surface area contributed by atoms with Crippen molar-refractivity contribution >= 4 is 66.0 Å². The highest BCUT2D eigenvalue weighted by atomic mass is 79.9. The van der Waals surface area contributed by atoms with Gasteiger partial charge in [-0.05, 0) is 168 Å². The summed E-state index contributed by atoms with van der Waals surface area (Å²) in [6.07, 6.45) is 0. The largest absolute Gasteiger partial charge is 0.310 e. The monoisotopic (exact) mass is 783 g/mol. The van der Waals surface area contributed by atoms with Gasteiger partial charge in [0.2, 0.25) is 0 Å². The molecule has 3 nitrogen and oxygen atoms in total. The van der Waals surface area contributed by atoms with Crippen molar-refractivity contribution < 1.29 is 0 Å². The molecule has 1 heterocycles. The van der Waals surface area contributed by atoms with Crippen molar-refractivity contribution in [1.82, 2.24) is 4.90 Å².